The normalized spacial score (nSPS) is 15.0. The van der Waals surface area contributed by atoms with Crippen LogP contribution < -0.4 is 5.32 Å². The van der Waals surface area contributed by atoms with E-state index in [1.54, 1.807) is 0 Å². The van der Waals surface area contributed by atoms with E-state index in [0.29, 0.717) is 5.92 Å². The van der Waals surface area contributed by atoms with Crippen LogP contribution in [0, 0.1) is 19.8 Å². The molecular weight excluding hydrogens is 210 g/mol. The molecule has 0 bridgehead atoms. The summed E-state index contributed by atoms with van der Waals surface area (Å²) in [6.45, 7) is 10.8. The molecule has 2 unspecified atom stereocenters. The summed E-state index contributed by atoms with van der Waals surface area (Å²) in [5, 5.41) is 12.8. The second-order valence-electron chi connectivity index (χ2n) is 5.34. The Morgan fingerprint density at radius 2 is 1.59 bits per heavy atom. The maximum atomic E-state index is 9.34. The first-order valence-corrected chi connectivity index (χ1v) is 6.39. The fourth-order valence-electron chi connectivity index (χ4n) is 2.13. The van der Waals surface area contributed by atoms with E-state index in [-0.39, 0.29) is 18.7 Å². The monoisotopic (exact) mass is 235 g/mol. The van der Waals surface area contributed by atoms with Gasteiger partial charge >= 0.3 is 0 Å². The van der Waals surface area contributed by atoms with Crippen LogP contribution in [0.2, 0.25) is 0 Å². The van der Waals surface area contributed by atoms with Crippen LogP contribution in [0.15, 0.2) is 18.2 Å². The molecule has 0 saturated heterocycles. The van der Waals surface area contributed by atoms with Gasteiger partial charge in [0.15, 0.2) is 0 Å². The van der Waals surface area contributed by atoms with Crippen LogP contribution in [0.25, 0.3) is 0 Å². The molecular formula is C15H25NO. The van der Waals surface area contributed by atoms with Gasteiger partial charge in [-0.25, -0.2) is 0 Å². The van der Waals surface area contributed by atoms with Crippen molar-refractivity contribution in [1.29, 1.82) is 0 Å². The van der Waals surface area contributed by atoms with Gasteiger partial charge in [-0.05, 0) is 32.3 Å². The Balaban J connectivity index is 2.78. The molecule has 0 amide bonds. The quantitative estimate of drug-likeness (QED) is 0.822. The predicted molar refractivity (Wildman–Crippen MR) is 73.2 cm³/mol. The Morgan fingerprint density at radius 1 is 1.06 bits per heavy atom. The highest BCUT2D eigenvalue weighted by atomic mass is 16.3. The van der Waals surface area contributed by atoms with Gasteiger partial charge in [0.25, 0.3) is 0 Å². The van der Waals surface area contributed by atoms with Crippen molar-refractivity contribution in [3.8, 4) is 0 Å². The number of aliphatic hydroxyl groups excluding tert-OH is 1. The molecule has 0 aromatic heterocycles. The van der Waals surface area contributed by atoms with E-state index in [1.165, 1.54) is 16.7 Å². The Hall–Kier alpha value is -0.860. The van der Waals surface area contributed by atoms with E-state index in [2.05, 4.69) is 58.1 Å². The van der Waals surface area contributed by atoms with Crippen LogP contribution in [-0.2, 0) is 0 Å². The summed E-state index contributed by atoms with van der Waals surface area (Å²) in [6, 6.07) is 7.03. The molecule has 2 nitrogen and oxygen atoms in total. The summed E-state index contributed by atoms with van der Waals surface area (Å²) < 4.78 is 0. The molecule has 0 aliphatic heterocycles. The highest BCUT2D eigenvalue weighted by molar-refractivity contribution is 5.30. The van der Waals surface area contributed by atoms with Gasteiger partial charge in [-0.3, -0.25) is 0 Å². The van der Waals surface area contributed by atoms with Crippen molar-refractivity contribution in [1.82, 2.24) is 5.32 Å². The highest BCUT2D eigenvalue weighted by Crippen LogP contribution is 2.18. The van der Waals surface area contributed by atoms with Crippen molar-refractivity contribution in [2.24, 2.45) is 5.92 Å². The van der Waals surface area contributed by atoms with Crippen LogP contribution in [0.3, 0.4) is 0 Å². The smallest absolute Gasteiger partial charge is 0.0587 e. The molecule has 0 spiro atoms. The van der Waals surface area contributed by atoms with E-state index >= 15 is 0 Å². The molecule has 0 heterocycles. The first kappa shape index (κ1) is 14.2. The third kappa shape index (κ3) is 4.14. The molecule has 1 aromatic rings. The van der Waals surface area contributed by atoms with Gasteiger partial charge in [0.1, 0.15) is 0 Å². The summed E-state index contributed by atoms with van der Waals surface area (Å²) >= 11 is 0. The molecule has 2 atom stereocenters. The first-order chi connectivity index (χ1) is 7.93. The van der Waals surface area contributed by atoms with Crippen molar-refractivity contribution in [3.05, 3.63) is 34.9 Å². The van der Waals surface area contributed by atoms with E-state index < -0.39 is 0 Å². The Morgan fingerprint density at radius 3 is 2.00 bits per heavy atom. The van der Waals surface area contributed by atoms with Gasteiger partial charge in [0, 0.05) is 12.1 Å². The third-order valence-electron chi connectivity index (χ3n) is 3.21. The maximum Gasteiger partial charge on any atom is 0.0587 e. The second-order valence-corrected chi connectivity index (χ2v) is 5.34. The molecule has 2 heteroatoms. The van der Waals surface area contributed by atoms with Gasteiger partial charge in [0.05, 0.1) is 6.61 Å². The second kappa shape index (κ2) is 6.18. The predicted octanol–water partition coefficient (Wildman–Crippen LogP) is 2.97. The SMILES string of the molecule is Cc1cc(C)cc(C(C)NC(CO)C(C)C)c1. The number of hydrogen-bond donors (Lipinski definition) is 2. The Labute approximate surface area is 105 Å². The zero-order valence-corrected chi connectivity index (χ0v) is 11.6. The number of benzene rings is 1. The number of nitrogens with one attached hydrogen (secondary N) is 1. The molecule has 1 rings (SSSR count). The lowest BCUT2D eigenvalue weighted by atomic mass is 9.99. The van der Waals surface area contributed by atoms with Crippen molar-refractivity contribution in [2.45, 2.75) is 46.7 Å². The van der Waals surface area contributed by atoms with Gasteiger partial charge < -0.3 is 10.4 Å². The molecule has 2 N–H and O–H groups in total. The number of aliphatic hydroxyl groups is 1. The summed E-state index contributed by atoms with van der Waals surface area (Å²) in [5.74, 6) is 0.438. The number of aryl methyl sites for hydroxylation is 2. The van der Waals surface area contributed by atoms with Gasteiger partial charge in [-0.15, -0.1) is 0 Å². The largest absolute Gasteiger partial charge is 0.395 e. The van der Waals surface area contributed by atoms with Gasteiger partial charge in [0.2, 0.25) is 0 Å². The lowest BCUT2D eigenvalue weighted by Gasteiger charge is -2.25. The van der Waals surface area contributed by atoms with E-state index in [4.69, 9.17) is 0 Å². The van der Waals surface area contributed by atoms with E-state index in [1.807, 2.05) is 0 Å². The lowest BCUT2D eigenvalue weighted by molar-refractivity contribution is 0.201. The van der Waals surface area contributed by atoms with Crippen LogP contribution in [0.5, 0.6) is 0 Å². The average molecular weight is 235 g/mol. The summed E-state index contributed by atoms with van der Waals surface area (Å²) in [5.41, 5.74) is 3.87. The molecule has 0 aliphatic rings. The van der Waals surface area contributed by atoms with E-state index in [9.17, 15) is 5.11 Å². The van der Waals surface area contributed by atoms with Crippen molar-refractivity contribution < 1.29 is 5.11 Å². The van der Waals surface area contributed by atoms with Crippen LogP contribution in [-0.4, -0.2) is 17.8 Å². The van der Waals surface area contributed by atoms with Crippen LogP contribution >= 0.6 is 0 Å². The van der Waals surface area contributed by atoms with E-state index in [0.717, 1.165) is 0 Å². The minimum atomic E-state index is 0.158. The zero-order valence-electron chi connectivity index (χ0n) is 11.6. The van der Waals surface area contributed by atoms with Crippen molar-refractivity contribution >= 4 is 0 Å². The Bertz CT molecular complexity index is 340. The fraction of sp³-hybridized carbons (Fsp3) is 0.600. The van der Waals surface area contributed by atoms with Crippen LogP contribution in [0.1, 0.15) is 43.5 Å². The van der Waals surface area contributed by atoms with Crippen molar-refractivity contribution in [2.75, 3.05) is 6.61 Å². The molecule has 0 fully saturated rings. The standard InChI is InChI=1S/C15H25NO/c1-10(2)15(9-17)16-13(5)14-7-11(3)6-12(4)8-14/h6-8,10,13,15-17H,9H2,1-5H3. The first-order valence-electron chi connectivity index (χ1n) is 6.39. The molecule has 17 heavy (non-hydrogen) atoms. The topological polar surface area (TPSA) is 32.3 Å². The summed E-state index contributed by atoms with van der Waals surface area (Å²) in [7, 11) is 0. The minimum Gasteiger partial charge on any atom is -0.395 e. The molecule has 0 saturated carbocycles. The van der Waals surface area contributed by atoms with Crippen LogP contribution in [0.4, 0.5) is 0 Å². The number of hydrogen-bond acceptors (Lipinski definition) is 2. The third-order valence-corrected chi connectivity index (χ3v) is 3.21. The summed E-state index contributed by atoms with van der Waals surface area (Å²) in [4.78, 5) is 0. The minimum absolute atomic E-state index is 0.158. The summed E-state index contributed by atoms with van der Waals surface area (Å²) in [6.07, 6.45) is 0. The molecule has 0 aliphatic carbocycles. The average Bonchev–Trinajstić information content (AvgIpc) is 2.23. The highest BCUT2D eigenvalue weighted by Gasteiger charge is 2.15. The Kier molecular flexibility index (Phi) is 5.16. The van der Waals surface area contributed by atoms with Crippen molar-refractivity contribution in [3.63, 3.8) is 0 Å². The fourth-order valence-corrected chi connectivity index (χ4v) is 2.13. The maximum absolute atomic E-state index is 9.34. The van der Waals surface area contributed by atoms with Gasteiger partial charge in [-0.2, -0.15) is 0 Å². The molecule has 1 aromatic carbocycles. The molecule has 0 radical (unpaired) electrons. The molecule has 96 valence electrons. The number of rotatable bonds is 5. The lowest BCUT2D eigenvalue weighted by Crippen LogP contribution is -2.38. The zero-order chi connectivity index (χ0) is 13.0. The van der Waals surface area contributed by atoms with Gasteiger partial charge in [-0.1, -0.05) is 43.2 Å².